The third-order valence-corrected chi connectivity index (χ3v) is 4.71. The Hall–Kier alpha value is -2.70. The van der Waals surface area contributed by atoms with Gasteiger partial charge in [0.1, 0.15) is 0 Å². The number of aromatic amines is 1. The Bertz CT molecular complexity index is 727. The lowest BCUT2D eigenvalue weighted by Gasteiger charge is -2.22. The van der Waals surface area contributed by atoms with E-state index < -0.39 is 0 Å². The lowest BCUT2D eigenvalue weighted by Crippen LogP contribution is -2.37. The van der Waals surface area contributed by atoms with Crippen molar-refractivity contribution < 1.29 is 9.59 Å². The van der Waals surface area contributed by atoms with E-state index in [2.05, 4.69) is 15.2 Å². The normalized spacial score (nSPS) is 15.0. The minimum absolute atomic E-state index is 0.00763. The molecule has 3 rings (SSSR count). The highest BCUT2D eigenvalue weighted by Gasteiger charge is 2.22. The van der Waals surface area contributed by atoms with Crippen LogP contribution in [0.25, 0.3) is 0 Å². The van der Waals surface area contributed by atoms with E-state index in [1.54, 1.807) is 12.4 Å². The van der Waals surface area contributed by atoms with Crippen molar-refractivity contribution in [2.24, 2.45) is 0 Å². The van der Waals surface area contributed by atoms with Crippen molar-refractivity contribution in [3.05, 3.63) is 47.5 Å². The monoisotopic (exact) mass is 355 g/mol. The number of carbonyl (C=O) groups is 2. The van der Waals surface area contributed by atoms with Crippen molar-refractivity contribution in [3.63, 3.8) is 0 Å². The van der Waals surface area contributed by atoms with Crippen molar-refractivity contribution in [2.75, 3.05) is 26.2 Å². The van der Waals surface area contributed by atoms with E-state index in [1.807, 2.05) is 35.1 Å². The maximum atomic E-state index is 12.6. The molecule has 0 saturated carbocycles. The first kappa shape index (κ1) is 18.1. The highest BCUT2D eigenvalue weighted by molar-refractivity contribution is 5.94. The number of pyridine rings is 1. The number of aromatic nitrogens is 3. The summed E-state index contributed by atoms with van der Waals surface area (Å²) < 4.78 is 0. The van der Waals surface area contributed by atoms with Gasteiger partial charge >= 0.3 is 0 Å². The molecule has 0 bridgehead atoms. The Morgan fingerprint density at radius 3 is 2.65 bits per heavy atom. The molecular weight excluding hydrogens is 330 g/mol. The van der Waals surface area contributed by atoms with Gasteiger partial charge in [-0.3, -0.25) is 19.7 Å². The molecule has 0 aromatic carbocycles. The Morgan fingerprint density at radius 1 is 1.12 bits per heavy atom. The molecule has 1 saturated heterocycles. The van der Waals surface area contributed by atoms with E-state index in [-0.39, 0.29) is 11.8 Å². The minimum Gasteiger partial charge on any atom is -0.341 e. The molecule has 138 valence electrons. The van der Waals surface area contributed by atoms with Crippen molar-refractivity contribution >= 4 is 11.8 Å². The van der Waals surface area contributed by atoms with Gasteiger partial charge in [-0.05, 0) is 43.9 Å². The SMILES string of the molecule is Cc1ccc(C(=O)N2CCCN(C(=O)CCCc3cn[nH]c3)CC2)cn1. The summed E-state index contributed by atoms with van der Waals surface area (Å²) in [4.78, 5) is 33.0. The fourth-order valence-electron chi connectivity index (χ4n) is 3.16. The summed E-state index contributed by atoms with van der Waals surface area (Å²) in [7, 11) is 0. The van der Waals surface area contributed by atoms with Crippen molar-refractivity contribution in [1.29, 1.82) is 0 Å². The van der Waals surface area contributed by atoms with E-state index in [0.29, 0.717) is 38.2 Å². The van der Waals surface area contributed by atoms with E-state index >= 15 is 0 Å². The smallest absolute Gasteiger partial charge is 0.255 e. The van der Waals surface area contributed by atoms with E-state index in [9.17, 15) is 9.59 Å². The highest BCUT2D eigenvalue weighted by atomic mass is 16.2. The topological polar surface area (TPSA) is 82.2 Å². The van der Waals surface area contributed by atoms with Crippen LogP contribution in [0.4, 0.5) is 0 Å². The van der Waals surface area contributed by atoms with Gasteiger partial charge in [0.15, 0.2) is 0 Å². The predicted molar refractivity (Wildman–Crippen MR) is 97.6 cm³/mol. The summed E-state index contributed by atoms with van der Waals surface area (Å²) >= 11 is 0. The van der Waals surface area contributed by atoms with Gasteiger partial charge in [-0.1, -0.05) is 0 Å². The van der Waals surface area contributed by atoms with Crippen LogP contribution in [0.2, 0.25) is 0 Å². The van der Waals surface area contributed by atoms with Gasteiger partial charge in [0.2, 0.25) is 5.91 Å². The Kier molecular flexibility index (Phi) is 5.99. The molecule has 7 nitrogen and oxygen atoms in total. The zero-order chi connectivity index (χ0) is 18.4. The van der Waals surface area contributed by atoms with Crippen LogP contribution in [0.1, 0.15) is 40.9 Å². The number of aryl methyl sites for hydroxylation is 2. The van der Waals surface area contributed by atoms with Gasteiger partial charge in [0.05, 0.1) is 11.8 Å². The molecule has 0 aliphatic carbocycles. The summed E-state index contributed by atoms with van der Waals surface area (Å²) in [6.07, 6.45) is 8.27. The first-order valence-electron chi connectivity index (χ1n) is 9.11. The van der Waals surface area contributed by atoms with Gasteiger partial charge in [-0.25, -0.2) is 0 Å². The fourth-order valence-corrected chi connectivity index (χ4v) is 3.16. The number of nitrogens with zero attached hydrogens (tertiary/aromatic N) is 4. The third-order valence-electron chi connectivity index (χ3n) is 4.71. The summed E-state index contributed by atoms with van der Waals surface area (Å²) in [6, 6.07) is 3.66. The second kappa shape index (κ2) is 8.60. The van der Waals surface area contributed by atoms with Crippen LogP contribution in [0.3, 0.4) is 0 Å². The van der Waals surface area contributed by atoms with Crippen LogP contribution in [-0.4, -0.2) is 63.0 Å². The van der Waals surface area contributed by atoms with Crippen LogP contribution < -0.4 is 0 Å². The second-order valence-corrected chi connectivity index (χ2v) is 6.67. The summed E-state index contributed by atoms with van der Waals surface area (Å²) in [6.45, 7) is 4.44. The first-order chi connectivity index (χ1) is 12.6. The van der Waals surface area contributed by atoms with E-state index in [1.165, 1.54) is 0 Å². The number of H-pyrrole nitrogens is 1. The molecule has 2 amide bonds. The molecule has 0 radical (unpaired) electrons. The van der Waals surface area contributed by atoms with Crippen molar-refractivity contribution in [3.8, 4) is 0 Å². The maximum absolute atomic E-state index is 12.6. The summed E-state index contributed by atoms with van der Waals surface area (Å²) in [5, 5.41) is 6.70. The molecule has 1 aliphatic rings. The number of hydrogen-bond donors (Lipinski definition) is 1. The molecule has 2 aromatic heterocycles. The van der Waals surface area contributed by atoms with Gasteiger partial charge in [-0.2, -0.15) is 5.10 Å². The first-order valence-corrected chi connectivity index (χ1v) is 9.11. The van der Waals surface area contributed by atoms with Crippen molar-refractivity contribution in [2.45, 2.75) is 32.6 Å². The second-order valence-electron chi connectivity index (χ2n) is 6.67. The average Bonchev–Trinajstić information content (AvgIpc) is 3.04. The molecule has 0 atom stereocenters. The van der Waals surface area contributed by atoms with Crippen LogP contribution in [0.5, 0.6) is 0 Å². The van der Waals surface area contributed by atoms with Crippen LogP contribution in [0, 0.1) is 6.92 Å². The lowest BCUT2D eigenvalue weighted by molar-refractivity contribution is -0.131. The Morgan fingerprint density at radius 2 is 1.92 bits per heavy atom. The fraction of sp³-hybridized carbons (Fsp3) is 0.474. The largest absolute Gasteiger partial charge is 0.341 e. The summed E-state index contributed by atoms with van der Waals surface area (Å²) in [5.74, 6) is 0.159. The number of hydrogen-bond acceptors (Lipinski definition) is 4. The molecule has 2 aromatic rings. The predicted octanol–water partition coefficient (Wildman–Crippen LogP) is 1.81. The third kappa shape index (κ3) is 4.68. The molecule has 3 heterocycles. The minimum atomic E-state index is -0.00763. The van der Waals surface area contributed by atoms with Gasteiger partial charge in [0, 0.05) is 50.7 Å². The molecule has 1 N–H and O–H groups in total. The quantitative estimate of drug-likeness (QED) is 0.887. The number of carbonyl (C=O) groups excluding carboxylic acids is 2. The molecule has 0 unspecified atom stereocenters. The number of amides is 2. The molecule has 0 spiro atoms. The molecule has 7 heteroatoms. The summed E-state index contributed by atoms with van der Waals surface area (Å²) in [5.41, 5.74) is 2.62. The zero-order valence-electron chi connectivity index (χ0n) is 15.1. The average molecular weight is 355 g/mol. The molecular formula is C19H25N5O2. The van der Waals surface area contributed by atoms with Gasteiger partial charge in [0.25, 0.3) is 5.91 Å². The zero-order valence-corrected chi connectivity index (χ0v) is 15.1. The van der Waals surface area contributed by atoms with Gasteiger partial charge in [-0.15, -0.1) is 0 Å². The molecule has 26 heavy (non-hydrogen) atoms. The van der Waals surface area contributed by atoms with Crippen LogP contribution in [-0.2, 0) is 11.2 Å². The molecule has 1 fully saturated rings. The van der Waals surface area contributed by atoms with E-state index in [4.69, 9.17) is 0 Å². The Labute approximate surface area is 153 Å². The van der Waals surface area contributed by atoms with Gasteiger partial charge < -0.3 is 9.80 Å². The maximum Gasteiger partial charge on any atom is 0.255 e. The lowest BCUT2D eigenvalue weighted by atomic mass is 10.1. The van der Waals surface area contributed by atoms with E-state index in [0.717, 1.165) is 30.5 Å². The Balaban J connectivity index is 1.48. The number of nitrogens with one attached hydrogen (secondary N) is 1. The standard InChI is InChI=1S/C19H25N5O2/c1-15-6-7-17(14-20-15)19(26)24-9-3-8-23(10-11-24)18(25)5-2-4-16-12-21-22-13-16/h6-7,12-14H,2-5,8-11H2,1H3,(H,21,22). The molecule has 1 aliphatic heterocycles. The van der Waals surface area contributed by atoms with Crippen molar-refractivity contribution in [1.82, 2.24) is 25.0 Å². The number of rotatable bonds is 5. The van der Waals surface area contributed by atoms with Crippen LogP contribution in [0.15, 0.2) is 30.7 Å². The van der Waals surface area contributed by atoms with Crippen LogP contribution >= 0.6 is 0 Å². The highest BCUT2D eigenvalue weighted by Crippen LogP contribution is 2.11.